The quantitative estimate of drug-likeness (QED) is 0.918. The Bertz CT molecular complexity index is 655. The van der Waals surface area contributed by atoms with E-state index in [1.165, 1.54) is 30.4 Å². The van der Waals surface area contributed by atoms with Gasteiger partial charge in [-0.3, -0.25) is 0 Å². The van der Waals surface area contributed by atoms with Crippen LogP contribution in [0.25, 0.3) is 5.69 Å². The summed E-state index contributed by atoms with van der Waals surface area (Å²) in [6.07, 6.45) is 7.11. The molecule has 0 amide bonds. The maximum Gasteiger partial charge on any atom is 0.176 e. The van der Waals surface area contributed by atoms with Crippen molar-refractivity contribution in [1.82, 2.24) is 25.5 Å². The number of tetrazole rings is 1. The van der Waals surface area contributed by atoms with Gasteiger partial charge in [-0.1, -0.05) is 43.9 Å². The highest BCUT2D eigenvalue weighted by Gasteiger charge is 2.38. The lowest BCUT2D eigenvalue weighted by Gasteiger charge is -2.37. The van der Waals surface area contributed by atoms with Crippen LogP contribution in [-0.4, -0.2) is 26.8 Å². The molecule has 0 atom stereocenters. The van der Waals surface area contributed by atoms with Gasteiger partial charge in [-0.25, -0.2) is 0 Å². The van der Waals surface area contributed by atoms with E-state index < -0.39 is 0 Å². The van der Waals surface area contributed by atoms with Crippen LogP contribution in [-0.2, 0) is 5.54 Å². The zero-order valence-corrected chi connectivity index (χ0v) is 14.5. The molecule has 1 aliphatic carbocycles. The van der Waals surface area contributed by atoms with Gasteiger partial charge in [0.25, 0.3) is 0 Å². The molecule has 2 aromatic rings. The van der Waals surface area contributed by atoms with Crippen LogP contribution >= 0.6 is 0 Å². The van der Waals surface area contributed by atoms with Crippen molar-refractivity contribution in [2.75, 3.05) is 6.54 Å². The molecule has 3 rings (SSSR count). The number of nitrogens with zero attached hydrogens (tertiary/aromatic N) is 4. The Kier molecular flexibility index (Phi) is 4.76. The van der Waals surface area contributed by atoms with Crippen molar-refractivity contribution in [3.63, 3.8) is 0 Å². The van der Waals surface area contributed by atoms with Crippen LogP contribution in [0.1, 0.15) is 62.4 Å². The zero-order valence-electron chi connectivity index (χ0n) is 14.5. The molecule has 1 aromatic carbocycles. The van der Waals surface area contributed by atoms with Gasteiger partial charge in [-0.05, 0) is 61.7 Å². The maximum absolute atomic E-state index is 4.44. The van der Waals surface area contributed by atoms with Crippen LogP contribution in [0.2, 0.25) is 0 Å². The molecule has 5 nitrogen and oxygen atoms in total. The maximum atomic E-state index is 4.44. The first kappa shape index (κ1) is 16.1. The topological polar surface area (TPSA) is 55.6 Å². The smallest absolute Gasteiger partial charge is 0.176 e. The normalized spacial score (nSPS) is 17.3. The van der Waals surface area contributed by atoms with Crippen molar-refractivity contribution >= 4 is 0 Å². The summed E-state index contributed by atoms with van der Waals surface area (Å²) in [5, 5.41) is 16.5. The van der Waals surface area contributed by atoms with E-state index in [1.807, 2.05) is 4.68 Å². The Morgan fingerprint density at radius 3 is 2.65 bits per heavy atom. The number of rotatable bonds is 5. The summed E-state index contributed by atoms with van der Waals surface area (Å²) in [5.41, 5.74) is 3.46. The Morgan fingerprint density at radius 2 is 1.96 bits per heavy atom. The molecule has 0 bridgehead atoms. The third-order valence-corrected chi connectivity index (χ3v) is 4.90. The molecular weight excluding hydrogens is 286 g/mol. The molecule has 5 heteroatoms. The van der Waals surface area contributed by atoms with Crippen molar-refractivity contribution in [3.8, 4) is 5.69 Å². The number of aryl methyl sites for hydroxylation is 2. The zero-order chi connectivity index (χ0) is 16.3. The van der Waals surface area contributed by atoms with Crippen LogP contribution in [0.15, 0.2) is 18.2 Å². The largest absolute Gasteiger partial charge is 0.305 e. The van der Waals surface area contributed by atoms with Crippen molar-refractivity contribution < 1.29 is 0 Å². The monoisotopic (exact) mass is 313 g/mol. The molecule has 0 saturated heterocycles. The lowest BCUT2D eigenvalue weighted by atomic mass is 9.80. The minimum absolute atomic E-state index is 0.0882. The second-order valence-electron chi connectivity index (χ2n) is 6.77. The Labute approximate surface area is 138 Å². The van der Waals surface area contributed by atoms with E-state index in [0.717, 1.165) is 37.3 Å². The van der Waals surface area contributed by atoms with E-state index in [1.54, 1.807) is 0 Å². The first-order chi connectivity index (χ1) is 11.2. The fraction of sp³-hybridized carbons (Fsp3) is 0.611. The van der Waals surface area contributed by atoms with E-state index in [0.29, 0.717) is 0 Å². The molecule has 0 aliphatic heterocycles. The van der Waals surface area contributed by atoms with Crippen LogP contribution in [0.3, 0.4) is 0 Å². The predicted octanol–water partition coefficient (Wildman–Crippen LogP) is 3.44. The number of hydrogen-bond donors (Lipinski definition) is 1. The summed E-state index contributed by atoms with van der Waals surface area (Å²) in [7, 11) is 0. The van der Waals surface area contributed by atoms with E-state index in [-0.39, 0.29) is 5.54 Å². The summed E-state index contributed by atoms with van der Waals surface area (Å²) in [5.74, 6) is 0.970. The standard InChI is InChI=1S/C18H27N5/c1-4-12-19-18(10-6-5-7-11-18)17-20-21-22-23(17)16-9-8-14(2)13-15(16)3/h8-9,13,19H,4-7,10-12H2,1-3H3. The number of hydrogen-bond acceptors (Lipinski definition) is 4. The highest BCUT2D eigenvalue weighted by atomic mass is 15.6. The molecular formula is C18H27N5. The van der Waals surface area contributed by atoms with E-state index in [4.69, 9.17) is 0 Å². The fourth-order valence-electron chi connectivity index (χ4n) is 3.69. The third-order valence-electron chi connectivity index (χ3n) is 4.90. The van der Waals surface area contributed by atoms with Crippen molar-refractivity contribution in [2.24, 2.45) is 0 Å². The molecule has 1 fully saturated rings. The van der Waals surface area contributed by atoms with Crippen molar-refractivity contribution in [1.29, 1.82) is 0 Å². The lowest BCUT2D eigenvalue weighted by molar-refractivity contribution is 0.217. The van der Waals surface area contributed by atoms with E-state index >= 15 is 0 Å². The second kappa shape index (κ2) is 6.79. The summed E-state index contributed by atoms with van der Waals surface area (Å²) < 4.78 is 1.95. The second-order valence-corrected chi connectivity index (χ2v) is 6.77. The van der Waals surface area contributed by atoms with Crippen LogP contribution in [0.5, 0.6) is 0 Å². The molecule has 23 heavy (non-hydrogen) atoms. The van der Waals surface area contributed by atoms with Crippen molar-refractivity contribution in [3.05, 3.63) is 35.2 Å². The molecule has 1 aliphatic rings. The fourth-order valence-corrected chi connectivity index (χ4v) is 3.69. The molecule has 1 N–H and O–H groups in total. The Morgan fingerprint density at radius 1 is 1.17 bits per heavy atom. The molecule has 1 heterocycles. The molecule has 0 unspecified atom stereocenters. The highest BCUT2D eigenvalue weighted by Crippen LogP contribution is 2.36. The third kappa shape index (κ3) is 3.15. The summed E-state index contributed by atoms with van der Waals surface area (Å²) in [6, 6.07) is 6.44. The van der Waals surface area contributed by atoms with E-state index in [2.05, 4.69) is 59.8 Å². The van der Waals surface area contributed by atoms with Gasteiger partial charge in [0.1, 0.15) is 0 Å². The van der Waals surface area contributed by atoms with Gasteiger partial charge in [0.05, 0.1) is 11.2 Å². The lowest BCUT2D eigenvalue weighted by Crippen LogP contribution is -2.46. The van der Waals surface area contributed by atoms with Gasteiger partial charge in [-0.15, -0.1) is 5.10 Å². The minimum Gasteiger partial charge on any atom is -0.305 e. The van der Waals surface area contributed by atoms with Gasteiger partial charge in [0.15, 0.2) is 5.82 Å². The first-order valence-corrected chi connectivity index (χ1v) is 8.78. The van der Waals surface area contributed by atoms with Crippen LogP contribution in [0, 0.1) is 13.8 Å². The van der Waals surface area contributed by atoms with Gasteiger partial charge < -0.3 is 5.32 Å². The van der Waals surface area contributed by atoms with Gasteiger partial charge in [-0.2, -0.15) is 4.68 Å². The number of nitrogens with one attached hydrogen (secondary N) is 1. The van der Waals surface area contributed by atoms with Gasteiger partial charge >= 0.3 is 0 Å². The molecule has 0 spiro atoms. The molecule has 1 saturated carbocycles. The summed E-state index contributed by atoms with van der Waals surface area (Å²) >= 11 is 0. The Balaban J connectivity index is 2.03. The summed E-state index contributed by atoms with van der Waals surface area (Å²) in [4.78, 5) is 0. The Hall–Kier alpha value is -1.75. The average molecular weight is 313 g/mol. The summed E-state index contributed by atoms with van der Waals surface area (Å²) in [6.45, 7) is 7.44. The van der Waals surface area contributed by atoms with Gasteiger partial charge in [0.2, 0.25) is 0 Å². The predicted molar refractivity (Wildman–Crippen MR) is 91.7 cm³/mol. The average Bonchev–Trinajstić information content (AvgIpc) is 3.04. The molecule has 124 valence electrons. The number of benzene rings is 1. The number of aromatic nitrogens is 4. The van der Waals surface area contributed by atoms with Crippen LogP contribution < -0.4 is 5.32 Å². The highest BCUT2D eigenvalue weighted by molar-refractivity contribution is 5.42. The van der Waals surface area contributed by atoms with Gasteiger partial charge in [0, 0.05) is 0 Å². The van der Waals surface area contributed by atoms with Crippen LogP contribution in [0.4, 0.5) is 0 Å². The van der Waals surface area contributed by atoms with E-state index in [9.17, 15) is 0 Å². The minimum atomic E-state index is -0.0882. The van der Waals surface area contributed by atoms with Crippen molar-refractivity contribution in [2.45, 2.75) is 64.8 Å². The first-order valence-electron chi connectivity index (χ1n) is 8.78. The SMILES string of the molecule is CCCNC1(c2nnnn2-c2ccc(C)cc2C)CCCCC1. The molecule has 1 aromatic heterocycles. The molecule has 0 radical (unpaired) electrons.